The number of rotatable bonds is 2. The fraction of sp³-hybridized carbons (Fsp3) is 0.238. The number of likely N-dealkylation sites (N-methyl/N-ethyl adjacent to an activating group) is 1. The number of hydrogen-bond acceptors (Lipinski definition) is 5. The average Bonchev–Trinajstić information content (AvgIpc) is 2.71. The quantitative estimate of drug-likeness (QED) is 0.836. The van der Waals surface area contributed by atoms with Crippen LogP contribution in [0.2, 0.25) is 0 Å². The van der Waals surface area contributed by atoms with E-state index in [1.807, 2.05) is 48.4 Å². The van der Waals surface area contributed by atoms with Crippen LogP contribution in [0.5, 0.6) is 0 Å². The van der Waals surface area contributed by atoms with Crippen LogP contribution in [0.1, 0.15) is 17.2 Å². The fourth-order valence-electron chi connectivity index (χ4n) is 3.25. The molecule has 0 amide bonds. The molecule has 132 valence electrons. The number of guanidine groups is 1. The fourth-order valence-corrected chi connectivity index (χ4v) is 3.25. The Labute approximate surface area is 153 Å². The van der Waals surface area contributed by atoms with E-state index in [1.54, 1.807) is 12.4 Å². The van der Waals surface area contributed by atoms with Gasteiger partial charge in [0.25, 0.3) is 0 Å². The Morgan fingerprint density at radius 1 is 1.12 bits per heavy atom. The van der Waals surface area contributed by atoms with E-state index in [1.165, 1.54) is 5.56 Å². The minimum atomic E-state index is 0.0459. The second kappa shape index (κ2) is 7.14. The standard InChI is InChI=1S/C21H22N4O/c1-16-14-19(17-8-10-22-11-9-17)23-21(24(16)2)25-12-13-26-20(15-25)18-6-4-3-5-7-18/h3-11,14,20H,1,12-13,15H2,2H3. The Kier molecular flexibility index (Phi) is 4.54. The molecule has 1 aromatic carbocycles. The lowest BCUT2D eigenvalue weighted by Gasteiger charge is -2.39. The normalized spacial score (nSPS) is 20.7. The number of aromatic nitrogens is 1. The van der Waals surface area contributed by atoms with Crippen LogP contribution < -0.4 is 0 Å². The van der Waals surface area contributed by atoms with Gasteiger partial charge in [0.15, 0.2) is 0 Å². The first-order valence-corrected chi connectivity index (χ1v) is 8.77. The molecule has 1 unspecified atom stereocenters. The molecule has 0 saturated carbocycles. The van der Waals surface area contributed by atoms with Crippen molar-refractivity contribution < 1.29 is 4.74 Å². The third-order valence-corrected chi connectivity index (χ3v) is 4.75. The van der Waals surface area contributed by atoms with Crippen molar-refractivity contribution >= 4 is 11.7 Å². The van der Waals surface area contributed by atoms with E-state index in [4.69, 9.17) is 9.73 Å². The van der Waals surface area contributed by atoms with Crippen molar-refractivity contribution in [2.45, 2.75) is 6.10 Å². The summed E-state index contributed by atoms with van der Waals surface area (Å²) in [5.74, 6) is 0.911. The molecule has 26 heavy (non-hydrogen) atoms. The highest BCUT2D eigenvalue weighted by molar-refractivity contribution is 5.91. The van der Waals surface area contributed by atoms with Gasteiger partial charge in [-0.2, -0.15) is 0 Å². The minimum absolute atomic E-state index is 0.0459. The number of allylic oxidation sites excluding steroid dienone is 1. The molecule has 2 aliphatic rings. The smallest absolute Gasteiger partial charge is 0.206 e. The van der Waals surface area contributed by atoms with Crippen LogP contribution in [-0.2, 0) is 4.74 Å². The summed E-state index contributed by atoms with van der Waals surface area (Å²) in [5.41, 5.74) is 4.07. The zero-order valence-electron chi connectivity index (χ0n) is 14.9. The average molecular weight is 346 g/mol. The van der Waals surface area contributed by atoms with Gasteiger partial charge in [-0.25, -0.2) is 4.99 Å². The first-order valence-electron chi connectivity index (χ1n) is 8.77. The van der Waals surface area contributed by atoms with Crippen molar-refractivity contribution in [3.8, 4) is 0 Å². The van der Waals surface area contributed by atoms with Gasteiger partial charge in [-0.1, -0.05) is 36.9 Å². The predicted octanol–water partition coefficient (Wildman–Crippen LogP) is 3.31. The van der Waals surface area contributed by atoms with Crippen LogP contribution >= 0.6 is 0 Å². The van der Waals surface area contributed by atoms with Crippen LogP contribution in [0, 0.1) is 0 Å². The van der Waals surface area contributed by atoms with Gasteiger partial charge < -0.3 is 14.5 Å². The molecule has 1 aromatic heterocycles. The van der Waals surface area contributed by atoms with E-state index in [2.05, 4.69) is 28.6 Å². The zero-order valence-corrected chi connectivity index (χ0v) is 14.9. The highest BCUT2D eigenvalue weighted by atomic mass is 16.5. The highest BCUT2D eigenvalue weighted by Gasteiger charge is 2.28. The van der Waals surface area contributed by atoms with E-state index < -0.39 is 0 Å². The van der Waals surface area contributed by atoms with Crippen LogP contribution in [-0.4, -0.2) is 47.5 Å². The molecule has 0 radical (unpaired) electrons. The third kappa shape index (κ3) is 3.26. The van der Waals surface area contributed by atoms with Crippen molar-refractivity contribution in [2.75, 3.05) is 26.7 Å². The number of ether oxygens (including phenoxy) is 1. The van der Waals surface area contributed by atoms with Gasteiger partial charge in [0.2, 0.25) is 5.96 Å². The molecule has 1 fully saturated rings. The third-order valence-electron chi connectivity index (χ3n) is 4.75. The lowest BCUT2D eigenvalue weighted by molar-refractivity contribution is -0.00962. The zero-order chi connectivity index (χ0) is 17.9. The number of aliphatic imine (C=N–C) groups is 1. The Balaban J connectivity index is 1.61. The molecular weight excluding hydrogens is 324 g/mol. The second-order valence-corrected chi connectivity index (χ2v) is 6.44. The van der Waals surface area contributed by atoms with E-state index >= 15 is 0 Å². The maximum Gasteiger partial charge on any atom is 0.206 e. The summed E-state index contributed by atoms with van der Waals surface area (Å²) in [5, 5.41) is 0. The van der Waals surface area contributed by atoms with Crippen molar-refractivity contribution in [1.29, 1.82) is 0 Å². The molecule has 5 heteroatoms. The van der Waals surface area contributed by atoms with Crippen LogP contribution in [0.4, 0.5) is 0 Å². The summed E-state index contributed by atoms with van der Waals surface area (Å²) in [6.07, 6.45) is 5.62. The highest BCUT2D eigenvalue weighted by Crippen LogP contribution is 2.27. The van der Waals surface area contributed by atoms with E-state index in [-0.39, 0.29) is 6.10 Å². The van der Waals surface area contributed by atoms with Gasteiger partial charge in [0.05, 0.1) is 18.8 Å². The topological polar surface area (TPSA) is 41.0 Å². The summed E-state index contributed by atoms with van der Waals surface area (Å²) in [6.45, 7) is 6.44. The summed E-state index contributed by atoms with van der Waals surface area (Å²) >= 11 is 0. The molecule has 5 nitrogen and oxygen atoms in total. The van der Waals surface area contributed by atoms with E-state index in [9.17, 15) is 0 Å². The number of nitrogens with zero attached hydrogens (tertiary/aromatic N) is 4. The van der Waals surface area contributed by atoms with Gasteiger partial charge in [-0.15, -0.1) is 0 Å². The molecule has 0 spiro atoms. The van der Waals surface area contributed by atoms with Crippen LogP contribution in [0.3, 0.4) is 0 Å². The minimum Gasteiger partial charge on any atom is -0.370 e. The number of pyridine rings is 1. The monoisotopic (exact) mass is 346 g/mol. The number of morpholine rings is 1. The summed E-state index contributed by atoms with van der Waals surface area (Å²) < 4.78 is 6.00. The number of hydrogen-bond donors (Lipinski definition) is 0. The molecule has 1 saturated heterocycles. The Morgan fingerprint density at radius 2 is 1.88 bits per heavy atom. The van der Waals surface area contributed by atoms with Gasteiger partial charge in [-0.05, 0) is 23.8 Å². The van der Waals surface area contributed by atoms with Crippen molar-refractivity contribution in [3.05, 3.63) is 84.3 Å². The molecule has 0 aliphatic carbocycles. The molecule has 3 heterocycles. The van der Waals surface area contributed by atoms with Gasteiger partial charge in [0.1, 0.15) is 6.10 Å². The molecule has 2 aliphatic heterocycles. The van der Waals surface area contributed by atoms with Crippen molar-refractivity contribution in [1.82, 2.24) is 14.8 Å². The largest absolute Gasteiger partial charge is 0.370 e. The second-order valence-electron chi connectivity index (χ2n) is 6.44. The summed E-state index contributed by atoms with van der Waals surface area (Å²) in [7, 11) is 2.01. The molecular formula is C21H22N4O. The van der Waals surface area contributed by atoms with Gasteiger partial charge in [-0.3, -0.25) is 4.98 Å². The Bertz CT molecular complexity index is 845. The van der Waals surface area contributed by atoms with Crippen molar-refractivity contribution in [3.63, 3.8) is 0 Å². The van der Waals surface area contributed by atoms with E-state index in [0.717, 1.165) is 36.0 Å². The van der Waals surface area contributed by atoms with E-state index in [0.29, 0.717) is 6.61 Å². The molecule has 1 atom stereocenters. The molecule has 0 N–H and O–H groups in total. The van der Waals surface area contributed by atoms with Gasteiger partial charge in [0, 0.05) is 37.2 Å². The number of benzene rings is 1. The Hall–Kier alpha value is -2.92. The SMILES string of the molecule is C=C1C=C(c2ccncc2)N=C(N2CCOC(c3ccccc3)C2)N1C. The summed E-state index contributed by atoms with van der Waals surface area (Å²) in [6, 6.07) is 14.3. The first kappa shape index (κ1) is 16.5. The first-order chi connectivity index (χ1) is 12.7. The van der Waals surface area contributed by atoms with Crippen LogP contribution in [0.25, 0.3) is 5.70 Å². The summed E-state index contributed by atoms with van der Waals surface area (Å²) in [4.78, 5) is 13.3. The Morgan fingerprint density at radius 3 is 2.65 bits per heavy atom. The van der Waals surface area contributed by atoms with Gasteiger partial charge >= 0.3 is 0 Å². The lowest BCUT2D eigenvalue weighted by Crippen LogP contribution is -2.49. The van der Waals surface area contributed by atoms with Crippen LogP contribution in [0.15, 0.2) is 78.2 Å². The molecule has 0 bridgehead atoms. The lowest BCUT2D eigenvalue weighted by atomic mass is 10.1. The maximum atomic E-state index is 6.00. The molecule has 4 rings (SSSR count). The van der Waals surface area contributed by atoms with Crippen molar-refractivity contribution in [2.24, 2.45) is 4.99 Å². The maximum absolute atomic E-state index is 6.00. The predicted molar refractivity (Wildman–Crippen MR) is 103 cm³/mol. The molecule has 2 aromatic rings.